The van der Waals surface area contributed by atoms with Gasteiger partial charge in [0.25, 0.3) is 0 Å². The van der Waals surface area contributed by atoms with Crippen LogP contribution in [-0.4, -0.2) is 18.2 Å². The van der Waals surface area contributed by atoms with Gasteiger partial charge in [-0.2, -0.15) is 0 Å². The fraction of sp³-hybridized carbons (Fsp3) is 0.429. The SMILES string of the molecule is COc1cccc2c1c1c(n2C)C(C)NCC1. The van der Waals surface area contributed by atoms with E-state index in [1.807, 2.05) is 0 Å². The smallest absolute Gasteiger partial charge is 0.128 e. The number of fused-ring (bicyclic) bond motifs is 3. The molecule has 1 atom stereocenters. The molecule has 3 rings (SSSR count). The van der Waals surface area contributed by atoms with Crippen LogP contribution in [0.25, 0.3) is 10.9 Å². The van der Waals surface area contributed by atoms with E-state index in [0.717, 1.165) is 18.7 Å². The third-order valence-corrected chi connectivity index (χ3v) is 3.79. The zero-order chi connectivity index (χ0) is 12.0. The van der Waals surface area contributed by atoms with E-state index < -0.39 is 0 Å². The highest BCUT2D eigenvalue weighted by molar-refractivity contribution is 5.91. The van der Waals surface area contributed by atoms with Crippen LogP contribution in [0, 0.1) is 0 Å². The van der Waals surface area contributed by atoms with Crippen LogP contribution in [0.5, 0.6) is 5.75 Å². The highest BCUT2D eigenvalue weighted by Crippen LogP contribution is 2.37. The molecule has 0 radical (unpaired) electrons. The largest absolute Gasteiger partial charge is 0.496 e. The first-order valence-electron chi connectivity index (χ1n) is 6.11. The van der Waals surface area contributed by atoms with Gasteiger partial charge in [0, 0.05) is 24.2 Å². The van der Waals surface area contributed by atoms with Crippen LogP contribution in [0.1, 0.15) is 24.2 Å². The molecular formula is C14H18N2O. The summed E-state index contributed by atoms with van der Waals surface area (Å²) in [6, 6.07) is 6.70. The van der Waals surface area contributed by atoms with Crippen LogP contribution in [0.2, 0.25) is 0 Å². The Balaban J connectivity index is 2.40. The number of aromatic nitrogens is 1. The lowest BCUT2D eigenvalue weighted by atomic mass is 10.00. The Labute approximate surface area is 101 Å². The fourth-order valence-corrected chi connectivity index (χ4v) is 3.05. The van der Waals surface area contributed by atoms with Crippen molar-refractivity contribution in [1.29, 1.82) is 0 Å². The summed E-state index contributed by atoms with van der Waals surface area (Å²) >= 11 is 0. The first-order chi connectivity index (χ1) is 8.24. The second kappa shape index (κ2) is 3.77. The van der Waals surface area contributed by atoms with Crippen LogP contribution >= 0.6 is 0 Å². The van der Waals surface area contributed by atoms with Gasteiger partial charge in [-0.25, -0.2) is 0 Å². The predicted octanol–water partition coefficient (Wildman–Crippen LogP) is 2.39. The molecule has 0 aliphatic carbocycles. The maximum absolute atomic E-state index is 5.51. The predicted molar refractivity (Wildman–Crippen MR) is 69.6 cm³/mol. The summed E-state index contributed by atoms with van der Waals surface area (Å²) in [5.41, 5.74) is 4.12. The first kappa shape index (κ1) is 10.7. The van der Waals surface area contributed by atoms with Crippen molar-refractivity contribution in [1.82, 2.24) is 9.88 Å². The number of hydrogen-bond donors (Lipinski definition) is 1. The number of aryl methyl sites for hydroxylation is 1. The lowest BCUT2D eigenvalue weighted by molar-refractivity contribution is 0.419. The molecule has 2 heterocycles. The number of benzene rings is 1. The maximum Gasteiger partial charge on any atom is 0.128 e. The normalized spacial score (nSPS) is 19.4. The van der Waals surface area contributed by atoms with Crippen LogP contribution in [-0.2, 0) is 13.5 Å². The minimum absolute atomic E-state index is 0.417. The minimum Gasteiger partial charge on any atom is -0.496 e. The molecule has 1 aromatic heterocycles. The van der Waals surface area contributed by atoms with Crippen molar-refractivity contribution in [2.45, 2.75) is 19.4 Å². The molecule has 2 aromatic rings. The quantitative estimate of drug-likeness (QED) is 0.814. The number of hydrogen-bond acceptors (Lipinski definition) is 2. The fourth-order valence-electron chi connectivity index (χ4n) is 3.05. The van der Waals surface area contributed by atoms with E-state index in [4.69, 9.17) is 4.74 Å². The van der Waals surface area contributed by atoms with Gasteiger partial charge in [0.15, 0.2) is 0 Å². The number of rotatable bonds is 1. The minimum atomic E-state index is 0.417. The first-order valence-corrected chi connectivity index (χ1v) is 6.11. The molecule has 1 unspecified atom stereocenters. The molecule has 0 amide bonds. The van der Waals surface area contributed by atoms with Crippen molar-refractivity contribution in [3.05, 3.63) is 29.5 Å². The van der Waals surface area contributed by atoms with Gasteiger partial charge in [-0.3, -0.25) is 0 Å². The van der Waals surface area contributed by atoms with E-state index in [1.165, 1.54) is 22.2 Å². The number of ether oxygens (including phenoxy) is 1. The Kier molecular flexibility index (Phi) is 2.37. The summed E-state index contributed by atoms with van der Waals surface area (Å²) < 4.78 is 7.80. The molecule has 17 heavy (non-hydrogen) atoms. The zero-order valence-electron chi connectivity index (χ0n) is 10.6. The monoisotopic (exact) mass is 230 g/mol. The molecule has 1 N–H and O–H groups in total. The topological polar surface area (TPSA) is 26.2 Å². The van der Waals surface area contributed by atoms with Gasteiger partial charge in [0.1, 0.15) is 5.75 Å². The lowest BCUT2D eigenvalue weighted by Crippen LogP contribution is -2.28. The van der Waals surface area contributed by atoms with Crippen molar-refractivity contribution in [2.75, 3.05) is 13.7 Å². The van der Waals surface area contributed by atoms with Crippen molar-refractivity contribution in [2.24, 2.45) is 7.05 Å². The molecule has 3 heteroatoms. The molecule has 0 spiro atoms. The molecule has 0 bridgehead atoms. The lowest BCUT2D eigenvalue weighted by Gasteiger charge is -2.22. The molecule has 1 aromatic carbocycles. The van der Waals surface area contributed by atoms with E-state index >= 15 is 0 Å². The third kappa shape index (κ3) is 1.39. The number of nitrogens with one attached hydrogen (secondary N) is 1. The average molecular weight is 230 g/mol. The Morgan fingerprint density at radius 1 is 1.41 bits per heavy atom. The third-order valence-electron chi connectivity index (χ3n) is 3.79. The van der Waals surface area contributed by atoms with Crippen LogP contribution in [0.3, 0.4) is 0 Å². The molecule has 1 aliphatic heterocycles. The van der Waals surface area contributed by atoms with Gasteiger partial charge in [0.05, 0.1) is 12.6 Å². The van der Waals surface area contributed by atoms with Gasteiger partial charge >= 0.3 is 0 Å². The van der Waals surface area contributed by atoms with E-state index in [9.17, 15) is 0 Å². The van der Waals surface area contributed by atoms with Gasteiger partial charge in [0.2, 0.25) is 0 Å². The zero-order valence-corrected chi connectivity index (χ0v) is 10.6. The van der Waals surface area contributed by atoms with Crippen LogP contribution < -0.4 is 10.1 Å². The maximum atomic E-state index is 5.51. The summed E-state index contributed by atoms with van der Waals surface area (Å²) in [7, 11) is 3.89. The molecule has 0 saturated heterocycles. The van der Waals surface area contributed by atoms with Gasteiger partial charge in [-0.05, 0) is 37.6 Å². The van der Waals surface area contributed by atoms with E-state index in [1.54, 1.807) is 7.11 Å². The van der Waals surface area contributed by atoms with Gasteiger partial charge < -0.3 is 14.6 Å². The average Bonchev–Trinajstić information content (AvgIpc) is 2.65. The number of methoxy groups -OCH3 is 1. The Hall–Kier alpha value is -1.48. The summed E-state index contributed by atoms with van der Waals surface area (Å²) in [6.45, 7) is 3.27. The molecular weight excluding hydrogens is 212 g/mol. The van der Waals surface area contributed by atoms with Crippen molar-refractivity contribution in [3.8, 4) is 5.75 Å². The standard InChI is InChI=1S/C14H18N2O/c1-9-14-10(7-8-15-9)13-11(16(14)2)5-4-6-12(13)17-3/h4-6,9,15H,7-8H2,1-3H3. The van der Waals surface area contributed by atoms with Crippen LogP contribution in [0.4, 0.5) is 0 Å². The Morgan fingerprint density at radius 2 is 2.24 bits per heavy atom. The summed E-state index contributed by atoms with van der Waals surface area (Å²) in [6.07, 6.45) is 1.08. The molecule has 0 fully saturated rings. The van der Waals surface area contributed by atoms with Crippen molar-refractivity contribution in [3.63, 3.8) is 0 Å². The second-order valence-corrected chi connectivity index (χ2v) is 4.70. The van der Waals surface area contributed by atoms with E-state index in [0.29, 0.717) is 6.04 Å². The Morgan fingerprint density at radius 3 is 3.00 bits per heavy atom. The van der Waals surface area contributed by atoms with Gasteiger partial charge in [-0.1, -0.05) is 6.07 Å². The summed E-state index contributed by atoms with van der Waals surface area (Å²) in [4.78, 5) is 0. The van der Waals surface area contributed by atoms with E-state index in [-0.39, 0.29) is 0 Å². The summed E-state index contributed by atoms with van der Waals surface area (Å²) in [5.74, 6) is 0.994. The van der Waals surface area contributed by atoms with Gasteiger partial charge in [-0.15, -0.1) is 0 Å². The molecule has 3 nitrogen and oxygen atoms in total. The van der Waals surface area contributed by atoms with E-state index in [2.05, 4.69) is 42.1 Å². The number of nitrogens with zero attached hydrogens (tertiary/aromatic N) is 1. The molecule has 1 aliphatic rings. The highest BCUT2D eigenvalue weighted by Gasteiger charge is 2.24. The second-order valence-electron chi connectivity index (χ2n) is 4.70. The Bertz CT molecular complexity index is 571. The summed E-state index contributed by atoms with van der Waals surface area (Å²) in [5, 5.41) is 4.81. The highest BCUT2D eigenvalue weighted by atomic mass is 16.5. The molecule has 0 saturated carbocycles. The van der Waals surface area contributed by atoms with Crippen molar-refractivity contribution < 1.29 is 4.74 Å². The van der Waals surface area contributed by atoms with Crippen molar-refractivity contribution >= 4 is 10.9 Å². The molecule has 90 valence electrons. The van der Waals surface area contributed by atoms with Crippen LogP contribution in [0.15, 0.2) is 18.2 Å².